The van der Waals surface area contributed by atoms with Crippen LogP contribution in [0.1, 0.15) is 24.8 Å². The maximum absolute atomic E-state index is 11.0. The molecule has 0 amide bonds. The minimum absolute atomic E-state index is 0.279. The molecule has 0 aromatic heterocycles. The molecule has 0 saturated heterocycles. The highest BCUT2D eigenvalue weighted by atomic mass is 35.5. The molecule has 78 valence electrons. The fourth-order valence-electron chi connectivity index (χ4n) is 1.81. The van der Waals surface area contributed by atoms with Gasteiger partial charge in [-0.2, -0.15) is 0 Å². The van der Waals surface area contributed by atoms with Crippen LogP contribution in [0.15, 0.2) is 35.9 Å². The van der Waals surface area contributed by atoms with Crippen molar-refractivity contribution >= 4 is 17.4 Å². The van der Waals surface area contributed by atoms with Crippen LogP contribution in [0.2, 0.25) is 5.02 Å². The molecule has 0 radical (unpaired) electrons. The van der Waals surface area contributed by atoms with E-state index in [9.17, 15) is 4.79 Å². The van der Waals surface area contributed by atoms with E-state index in [-0.39, 0.29) is 5.78 Å². The van der Waals surface area contributed by atoms with E-state index in [1.165, 1.54) is 11.1 Å². The number of rotatable bonds is 3. The van der Waals surface area contributed by atoms with E-state index in [0.717, 1.165) is 24.3 Å². The lowest BCUT2D eigenvalue weighted by Gasteiger charge is -2.02. The van der Waals surface area contributed by atoms with Gasteiger partial charge in [0.1, 0.15) is 0 Å². The number of hydrogen-bond acceptors (Lipinski definition) is 1. The maximum Gasteiger partial charge on any atom is 0.155 e. The predicted octanol–water partition coefficient (Wildman–Crippen LogP) is 3.56. The van der Waals surface area contributed by atoms with Crippen LogP contribution in [0.3, 0.4) is 0 Å². The second kappa shape index (κ2) is 4.63. The Morgan fingerprint density at radius 2 is 1.80 bits per heavy atom. The van der Waals surface area contributed by atoms with Crippen molar-refractivity contribution in [3.05, 3.63) is 46.5 Å². The molecular formula is C13H13ClO. The quantitative estimate of drug-likeness (QED) is 0.761. The van der Waals surface area contributed by atoms with E-state index in [4.69, 9.17) is 11.6 Å². The van der Waals surface area contributed by atoms with Crippen LogP contribution in [0.5, 0.6) is 0 Å². The first-order chi connectivity index (χ1) is 7.24. The summed E-state index contributed by atoms with van der Waals surface area (Å²) in [5.74, 6) is 0.279. The number of allylic oxidation sites excluding steroid dienone is 2. The smallest absolute Gasteiger partial charge is 0.155 e. The molecule has 1 aliphatic carbocycles. The molecular weight excluding hydrogens is 208 g/mol. The van der Waals surface area contributed by atoms with Crippen molar-refractivity contribution in [2.24, 2.45) is 0 Å². The minimum Gasteiger partial charge on any atom is -0.295 e. The third-order valence-corrected chi connectivity index (χ3v) is 2.96. The maximum atomic E-state index is 11.0. The molecule has 0 heterocycles. The van der Waals surface area contributed by atoms with Gasteiger partial charge in [0.05, 0.1) is 0 Å². The molecule has 1 aromatic rings. The van der Waals surface area contributed by atoms with Crippen LogP contribution in [0.4, 0.5) is 0 Å². The summed E-state index contributed by atoms with van der Waals surface area (Å²) < 4.78 is 0. The highest BCUT2D eigenvalue weighted by molar-refractivity contribution is 6.30. The first-order valence-corrected chi connectivity index (χ1v) is 5.58. The SMILES string of the molecule is O=C1C=C(CCc2ccc(Cl)cc2)CC1. The Morgan fingerprint density at radius 1 is 1.07 bits per heavy atom. The van der Waals surface area contributed by atoms with Crippen LogP contribution < -0.4 is 0 Å². The van der Waals surface area contributed by atoms with Gasteiger partial charge < -0.3 is 0 Å². The zero-order valence-corrected chi connectivity index (χ0v) is 9.26. The Bertz CT molecular complexity index is 390. The molecule has 0 aliphatic heterocycles. The first-order valence-electron chi connectivity index (χ1n) is 5.21. The average Bonchev–Trinajstić information content (AvgIpc) is 2.64. The van der Waals surface area contributed by atoms with E-state index >= 15 is 0 Å². The van der Waals surface area contributed by atoms with Crippen LogP contribution in [-0.4, -0.2) is 5.78 Å². The van der Waals surface area contributed by atoms with Crippen molar-refractivity contribution in [2.75, 3.05) is 0 Å². The Kier molecular flexibility index (Phi) is 3.22. The molecule has 0 atom stereocenters. The topological polar surface area (TPSA) is 17.1 Å². The Morgan fingerprint density at radius 3 is 2.40 bits per heavy atom. The lowest BCUT2D eigenvalue weighted by Crippen LogP contribution is -1.86. The number of halogens is 1. The fourth-order valence-corrected chi connectivity index (χ4v) is 1.93. The average molecular weight is 221 g/mol. The molecule has 0 fully saturated rings. The fraction of sp³-hybridized carbons (Fsp3) is 0.308. The summed E-state index contributed by atoms with van der Waals surface area (Å²) in [4.78, 5) is 11.0. The van der Waals surface area contributed by atoms with Crippen molar-refractivity contribution in [3.8, 4) is 0 Å². The molecule has 2 heteroatoms. The number of carbonyl (C=O) groups excluding carboxylic acids is 1. The van der Waals surface area contributed by atoms with Gasteiger partial charge in [-0.05, 0) is 43.0 Å². The van der Waals surface area contributed by atoms with Gasteiger partial charge >= 0.3 is 0 Å². The van der Waals surface area contributed by atoms with Crippen LogP contribution in [0, 0.1) is 0 Å². The van der Waals surface area contributed by atoms with Crippen LogP contribution in [0.25, 0.3) is 0 Å². The monoisotopic (exact) mass is 220 g/mol. The van der Waals surface area contributed by atoms with E-state index < -0.39 is 0 Å². The van der Waals surface area contributed by atoms with Crippen molar-refractivity contribution < 1.29 is 4.79 Å². The van der Waals surface area contributed by atoms with Crippen molar-refractivity contribution in [2.45, 2.75) is 25.7 Å². The van der Waals surface area contributed by atoms with Gasteiger partial charge in [0.2, 0.25) is 0 Å². The highest BCUT2D eigenvalue weighted by Gasteiger charge is 2.11. The normalized spacial score (nSPS) is 15.5. The number of ketones is 1. The van der Waals surface area contributed by atoms with Gasteiger partial charge in [-0.3, -0.25) is 4.79 Å². The van der Waals surface area contributed by atoms with Gasteiger partial charge in [0.15, 0.2) is 5.78 Å². The van der Waals surface area contributed by atoms with Crippen molar-refractivity contribution in [1.82, 2.24) is 0 Å². The molecule has 15 heavy (non-hydrogen) atoms. The van der Waals surface area contributed by atoms with E-state index in [2.05, 4.69) is 0 Å². The largest absolute Gasteiger partial charge is 0.295 e. The molecule has 0 N–H and O–H groups in total. The molecule has 0 spiro atoms. The van der Waals surface area contributed by atoms with Crippen molar-refractivity contribution in [3.63, 3.8) is 0 Å². The lowest BCUT2D eigenvalue weighted by molar-refractivity contribution is -0.114. The van der Waals surface area contributed by atoms with Crippen LogP contribution >= 0.6 is 11.6 Å². The molecule has 1 aliphatic rings. The molecule has 0 unspecified atom stereocenters. The number of carbonyl (C=O) groups is 1. The third-order valence-electron chi connectivity index (χ3n) is 2.71. The molecule has 1 nitrogen and oxygen atoms in total. The van der Waals surface area contributed by atoms with Gasteiger partial charge in [-0.15, -0.1) is 0 Å². The van der Waals surface area contributed by atoms with Gasteiger partial charge in [-0.1, -0.05) is 29.3 Å². The minimum atomic E-state index is 0.279. The summed E-state index contributed by atoms with van der Waals surface area (Å²) in [6.07, 6.45) is 5.45. The summed E-state index contributed by atoms with van der Waals surface area (Å²) in [6, 6.07) is 7.90. The Balaban J connectivity index is 1.91. The van der Waals surface area contributed by atoms with Crippen LogP contribution in [-0.2, 0) is 11.2 Å². The number of hydrogen-bond donors (Lipinski definition) is 0. The van der Waals surface area contributed by atoms with Gasteiger partial charge in [0, 0.05) is 11.4 Å². The highest BCUT2D eigenvalue weighted by Crippen LogP contribution is 2.20. The molecule has 1 aromatic carbocycles. The number of benzene rings is 1. The standard InChI is InChI=1S/C13H13ClO/c14-12-6-3-10(4-7-12)1-2-11-5-8-13(15)9-11/h3-4,6-7,9H,1-2,5,8H2. The lowest BCUT2D eigenvalue weighted by atomic mass is 10.0. The summed E-state index contributed by atoms with van der Waals surface area (Å²) >= 11 is 5.80. The zero-order chi connectivity index (χ0) is 10.7. The summed E-state index contributed by atoms with van der Waals surface area (Å²) in [7, 11) is 0. The van der Waals surface area contributed by atoms with E-state index in [1.807, 2.05) is 24.3 Å². The number of aryl methyl sites for hydroxylation is 1. The Hall–Kier alpha value is -1.08. The van der Waals surface area contributed by atoms with E-state index in [0.29, 0.717) is 6.42 Å². The summed E-state index contributed by atoms with van der Waals surface area (Å²) in [5, 5.41) is 0.772. The first kappa shape index (κ1) is 10.4. The molecule has 0 bridgehead atoms. The van der Waals surface area contributed by atoms with Gasteiger partial charge in [0.25, 0.3) is 0 Å². The van der Waals surface area contributed by atoms with Crippen molar-refractivity contribution in [1.29, 1.82) is 0 Å². The second-order valence-corrected chi connectivity index (χ2v) is 4.33. The summed E-state index contributed by atoms with van der Waals surface area (Å²) in [5.41, 5.74) is 2.56. The summed E-state index contributed by atoms with van der Waals surface area (Å²) in [6.45, 7) is 0. The second-order valence-electron chi connectivity index (χ2n) is 3.90. The van der Waals surface area contributed by atoms with E-state index in [1.54, 1.807) is 6.08 Å². The molecule has 0 saturated carbocycles. The molecule has 2 rings (SSSR count). The van der Waals surface area contributed by atoms with Gasteiger partial charge in [-0.25, -0.2) is 0 Å². The Labute approximate surface area is 94.8 Å². The third kappa shape index (κ3) is 2.93. The predicted molar refractivity (Wildman–Crippen MR) is 62.1 cm³/mol. The zero-order valence-electron chi connectivity index (χ0n) is 8.50.